The molecule has 0 bridgehead atoms. The van der Waals surface area contributed by atoms with E-state index in [1.165, 1.54) is 0 Å². The highest BCUT2D eigenvalue weighted by Crippen LogP contribution is 2.28. The third kappa shape index (κ3) is 2.70. The summed E-state index contributed by atoms with van der Waals surface area (Å²) in [6.07, 6.45) is 0.914. The Morgan fingerprint density at radius 3 is 2.80 bits per heavy atom. The second kappa shape index (κ2) is 6.14. The highest BCUT2D eigenvalue weighted by Gasteiger charge is 2.29. The lowest BCUT2D eigenvalue weighted by Gasteiger charge is -2.31. The van der Waals surface area contributed by atoms with E-state index in [0.717, 1.165) is 16.2 Å². The number of ether oxygens (including phenoxy) is 1. The van der Waals surface area contributed by atoms with E-state index in [2.05, 4.69) is 4.98 Å². The summed E-state index contributed by atoms with van der Waals surface area (Å²) in [6, 6.07) is 13.6. The third-order valence-electron chi connectivity index (χ3n) is 4.52. The van der Waals surface area contributed by atoms with Crippen LogP contribution in [0.2, 0.25) is 0 Å². The van der Waals surface area contributed by atoms with Crippen LogP contribution in [0.4, 0.5) is 0 Å². The minimum absolute atomic E-state index is 0.162. The summed E-state index contributed by atoms with van der Waals surface area (Å²) in [5.41, 5.74) is 6.51. The van der Waals surface area contributed by atoms with Gasteiger partial charge in [-0.05, 0) is 22.9 Å². The topological polar surface area (TPSA) is 85.5 Å². The van der Waals surface area contributed by atoms with Crippen LogP contribution in [0.25, 0.3) is 21.7 Å². The van der Waals surface area contributed by atoms with E-state index in [1.54, 1.807) is 11.1 Å². The van der Waals surface area contributed by atoms with Gasteiger partial charge in [0, 0.05) is 18.1 Å². The average Bonchev–Trinajstić information content (AvgIpc) is 2.67. The minimum atomic E-state index is -0.766. The summed E-state index contributed by atoms with van der Waals surface area (Å²) < 4.78 is 5.33. The zero-order chi connectivity index (χ0) is 17.4. The monoisotopic (exact) mass is 335 g/mol. The number of nitrogens with zero attached hydrogens (tertiary/aromatic N) is 2. The number of carbonyl (C=O) groups is 2. The fourth-order valence-electron chi connectivity index (χ4n) is 3.27. The van der Waals surface area contributed by atoms with Gasteiger partial charge in [0.15, 0.2) is 6.10 Å². The highest BCUT2D eigenvalue weighted by atomic mass is 16.5. The number of rotatable bonds is 2. The number of aromatic nitrogens is 1. The first kappa shape index (κ1) is 15.5. The van der Waals surface area contributed by atoms with Gasteiger partial charge in [-0.3, -0.25) is 14.6 Å². The van der Waals surface area contributed by atoms with Crippen molar-refractivity contribution >= 4 is 33.5 Å². The van der Waals surface area contributed by atoms with Crippen molar-refractivity contribution < 1.29 is 14.3 Å². The molecular formula is C19H17N3O3. The molecule has 2 heterocycles. The number of morpholine rings is 1. The lowest BCUT2D eigenvalue weighted by Crippen LogP contribution is -2.50. The number of pyridine rings is 1. The molecular weight excluding hydrogens is 318 g/mol. The number of amides is 2. The fourth-order valence-corrected chi connectivity index (χ4v) is 3.27. The van der Waals surface area contributed by atoms with Gasteiger partial charge in [0.2, 0.25) is 5.91 Å². The van der Waals surface area contributed by atoms with Gasteiger partial charge >= 0.3 is 0 Å². The third-order valence-corrected chi connectivity index (χ3v) is 4.52. The number of nitrogens with two attached hydrogens (primary N) is 1. The van der Waals surface area contributed by atoms with E-state index < -0.39 is 12.0 Å². The van der Waals surface area contributed by atoms with Crippen molar-refractivity contribution in [2.24, 2.45) is 5.73 Å². The van der Waals surface area contributed by atoms with Crippen molar-refractivity contribution in [3.8, 4) is 0 Å². The minimum Gasteiger partial charge on any atom is -0.367 e. The standard InChI is InChI=1S/C19H17N3O3/c20-18(23)16-11-22(8-9-25-16)19(24)15-10-12-4-1-2-5-13(12)14-6-3-7-21-17(14)15/h1-7,10,16H,8-9,11H2,(H2,20,23). The van der Waals surface area contributed by atoms with Gasteiger partial charge in [0.05, 0.1) is 24.2 Å². The molecule has 1 aliphatic rings. The quantitative estimate of drug-likeness (QED) is 0.723. The molecule has 2 amide bonds. The molecule has 3 aromatic rings. The van der Waals surface area contributed by atoms with Crippen molar-refractivity contribution in [3.63, 3.8) is 0 Å². The Bertz CT molecular complexity index is 986. The summed E-state index contributed by atoms with van der Waals surface area (Å²) >= 11 is 0. The van der Waals surface area contributed by atoms with Gasteiger partial charge in [-0.15, -0.1) is 0 Å². The Labute approximate surface area is 144 Å². The lowest BCUT2D eigenvalue weighted by molar-refractivity contribution is -0.133. The molecule has 0 aliphatic carbocycles. The van der Waals surface area contributed by atoms with Crippen LogP contribution in [0.5, 0.6) is 0 Å². The number of fused-ring (bicyclic) bond motifs is 3. The SMILES string of the molecule is NC(=O)C1CN(C(=O)c2cc3ccccc3c3cccnc23)CCO1. The molecule has 0 radical (unpaired) electrons. The maximum absolute atomic E-state index is 13.1. The van der Waals surface area contributed by atoms with E-state index in [1.807, 2.05) is 42.5 Å². The molecule has 1 fully saturated rings. The maximum Gasteiger partial charge on any atom is 0.256 e. The van der Waals surface area contributed by atoms with Gasteiger partial charge in [0.1, 0.15) is 0 Å². The van der Waals surface area contributed by atoms with Crippen LogP contribution in [0.15, 0.2) is 48.7 Å². The first-order chi connectivity index (χ1) is 12.1. The first-order valence-corrected chi connectivity index (χ1v) is 8.12. The van der Waals surface area contributed by atoms with Crippen LogP contribution >= 0.6 is 0 Å². The van der Waals surface area contributed by atoms with Crippen LogP contribution in [-0.4, -0.2) is 47.5 Å². The molecule has 25 heavy (non-hydrogen) atoms. The van der Waals surface area contributed by atoms with Crippen molar-refractivity contribution in [1.82, 2.24) is 9.88 Å². The number of hydrogen-bond donors (Lipinski definition) is 1. The molecule has 2 N–H and O–H groups in total. The van der Waals surface area contributed by atoms with E-state index in [9.17, 15) is 9.59 Å². The van der Waals surface area contributed by atoms with Crippen LogP contribution in [0.3, 0.4) is 0 Å². The summed E-state index contributed by atoms with van der Waals surface area (Å²) in [5.74, 6) is -0.719. The molecule has 1 saturated heterocycles. The second-order valence-corrected chi connectivity index (χ2v) is 6.06. The zero-order valence-corrected chi connectivity index (χ0v) is 13.5. The molecule has 1 atom stereocenters. The van der Waals surface area contributed by atoms with Crippen LogP contribution in [0, 0.1) is 0 Å². The Kier molecular flexibility index (Phi) is 3.82. The number of hydrogen-bond acceptors (Lipinski definition) is 4. The summed E-state index contributed by atoms with van der Waals surface area (Å²) in [7, 11) is 0. The molecule has 2 aromatic carbocycles. The zero-order valence-electron chi connectivity index (χ0n) is 13.5. The first-order valence-electron chi connectivity index (χ1n) is 8.12. The molecule has 1 aromatic heterocycles. The predicted octanol–water partition coefficient (Wildman–Crippen LogP) is 1.71. The second-order valence-electron chi connectivity index (χ2n) is 6.06. The van der Waals surface area contributed by atoms with Gasteiger partial charge in [-0.25, -0.2) is 0 Å². The van der Waals surface area contributed by atoms with Crippen LogP contribution in [-0.2, 0) is 9.53 Å². The largest absolute Gasteiger partial charge is 0.367 e. The van der Waals surface area contributed by atoms with Gasteiger partial charge < -0.3 is 15.4 Å². The Morgan fingerprint density at radius 1 is 1.16 bits per heavy atom. The number of benzene rings is 2. The molecule has 6 heteroatoms. The Hall–Kier alpha value is -2.99. The van der Waals surface area contributed by atoms with Crippen LogP contribution in [0.1, 0.15) is 10.4 Å². The Morgan fingerprint density at radius 2 is 1.96 bits per heavy atom. The fraction of sp³-hybridized carbons (Fsp3) is 0.211. The normalized spacial score (nSPS) is 17.8. The number of primary amides is 1. The van der Waals surface area contributed by atoms with E-state index in [-0.39, 0.29) is 19.1 Å². The van der Waals surface area contributed by atoms with Crippen molar-refractivity contribution in [1.29, 1.82) is 0 Å². The molecule has 1 unspecified atom stereocenters. The van der Waals surface area contributed by atoms with Crippen molar-refractivity contribution in [3.05, 3.63) is 54.2 Å². The van der Waals surface area contributed by atoms with Gasteiger partial charge in [-0.2, -0.15) is 0 Å². The van der Waals surface area contributed by atoms with Crippen molar-refractivity contribution in [2.45, 2.75) is 6.10 Å². The van der Waals surface area contributed by atoms with E-state index in [0.29, 0.717) is 17.6 Å². The Balaban J connectivity index is 1.82. The van der Waals surface area contributed by atoms with Gasteiger partial charge in [-0.1, -0.05) is 30.3 Å². The maximum atomic E-state index is 13.1. The smallest absolute Gasteiger partial charge is 0.256 e. The summed E-state index contributed by atoms with van der Waals surface area (Å²) in [5, 5.41) is 2.97. The van der Waals surface area contributed by atoms with E-state index in [4.69, 9.17) is 10.5 Å². The molecule has 6 nitrogen and oxygen atoms in total. The molecule has 1 aliphatic heterocycles. The van der Waals surface area contributed by atoms with Crippen LogP contribution < -0.4 is 5.73 Å². The summed E-state index contributed by atoms with van der Waals surface area (Å²) in [6.45, 7) is 0.872. The number of carbonyl (C=O) groups excluding carboxylic acids is 2. The highest BCUT2D eigenvalue weighted by molar-refractivity contribution is 6.15. The summed E-state index contributed by atoms with van der Waals surface area (Å²) in [4.78, 5) is 30.5. The molecule has 4 rings (SSSR count). The predicted molar refractivity (Wildman–Crippen MR) is 94.1 cm³/mol. The van der Waals surface area contributed by atoms with E-state index >= 15 is 0 Å². The van der Waals surface area contributed by atoms with Gasteiger partial charge in [0.25, 0.3) is 5.91 Å². The lowest BCUT2D eigenvalue weighted by atomic mass is 10.00. The molecule has 0 saturated carbocycles. The molecule has 0 spiro atoms. The van der Waals surface area contributed by atoms with Crippen molar-refractivity contribution in [2.75, 3.05) is 19.7 Å². The average molecular weight is 335 g/mol. The molecule has 126 valence electrons.